The Morgan fingerprint density at radius 2 is 1.88 bits per heavy atom. The summed E-state index contributed by atoms with van der Waals surface area (Å²) in [6, 6.07) is 5.34. The van der Waals surface area contributed by atoms with Crippen molar-refractivity contribution in [3.05, 3.63) is 58.1 Å². The first-order valence-electron chi connectivity index (χ1n) is 12.0. The molecule has 2 aromatic rings. The number of phenolic OH excluding ortho intramolecular Hbond substituents is 1. The Kier molecular flexibility index (Phi) is 9.68. The topological polar surface area (TPSA) is 193 Å². The van der Waals surface area contributed by atoms with Crippen molar-refractivity contribution in [2.75, 3.05) is 25.0 Å². The van der Waals surface area contributed by atoms with Crippen molar-refractivity contribution in [2.45, 2.75) is 37.3 Å². The van der Waals surface area contributed by atoms with Gasteiger partial charge in [0.2, 0.25) is 5.91 Å². The molecule has 3 rings (SSSR count). The number of aliphatic carboxylic acids is 1. The van der Waals surface area contributed by atoms with Crippen molar-refractivity contribution in [1.29, 1.82) is 0 Å². The maximum Gasteiger partial charge on any atom is 0.421 e. The number of phenols is 1. The van der Waals surface area contributed by atoms with Crippen molar-refractivity contribution in [1.82, 2.24) is 16.0 Å². The number of nitrogens with one attached hydrogen (secondary N) is 4. The fourth-order valence-electron chi connectivity index (χ4n) is 3.76. The number of alkyl halides is 3. The van der Waals surface area contributed by atoms with E-state index in [2.05, 4.69) is 26.3 Å². The normalized spacial score (nSPS) is 17.3. The molecule has 12 nitrogen and oxygen atoms in total. The number of aromatic hydroxyl groups is 1. The molecule has 2 amide bonds. The number of carboxylic acid groups (broad SMARTS) is 1. The maximum absolute atomic E-state index is 13.4. The number of aliphatic hydroxyl groups excluding tert-OH is 1. The Hall–Kier alpha value is -4.08. The number of hydrogen-bond acceptors (Lipinski definition) is 9. The van der Waals surface area contributed by atoms with Crippen LogP contribution in [0.4, 0.5) is 18.9 Å². The third-order valence-electron chi connectivity index (χ3n) is 5.97. The Labute approximate surface area is 236 Å². The Bertz CT molecular complexity index is 1350. The average Bonchev–Trinajstić information content (AvgIpc) is 2.86. The molecule has 2 unspecified atom stereocenters. The minimum Gasteiger partial charge on any atom is -0.508 e. The molecule has 0 aliphatic carbocycles. The summed E-state index contributed by atoms with van der Waals surface area (Å²) in [6.45, 7) is 0.244. The number of nitrogens with zero attached hydrogens (tertiary/aromatic N) is 1. The number of hydrogen-bond donors (Lipinski definition) is 8. The molecule has 0 bridgehead atoms. The number of halogens is 4. The van der Waals surface area contributed by atoms with Gasteiger partial charge in [0.15, 0.2) is 11.6 Å². The third-order valence-corrected chi connectivity index (χ3v) is 6.19. The summed E-state index contributed by atoms with van der Waals surface area (Å²) in [5.41, 5.74) is -3.87. The Morgan fingerprint density at radius 3 is 2.49 bits per heavy atom. The van der Waals surface area contributed by atoms with Crippen LogP contribution in [0.15, 0.2) is 41.4 Å². The molecule has 41 heavy (non-hydrogen) atoms. The first-order chi connectivity index (χ1) is 19.0. The van der Waals surface area contributed by atoms with Crippen LogP contribution in [0.5, 0.6) is 5.75 Å². The zero-order chi connectivity index (χ0) is 30.5. The van der Waals surface area contributed by atoms with Crippen LogP contribution in [0, 0.1) is 0 Å². The van der Waals surface area contributed by atoms with E-state index >= 15 is 0 Å². The summed E-state index contributed by atoms with van der Waals surface area (Å²) in [7, 11) is 0. The van der Waals surface area contributed by atoms with E-state index in [9.17, 15) is 48.0 Å². The second-order valence-corrected chi connectivity index (χ2v) is 9.80. The van der Waals surface area contributed by atoms with Gasteiger partial charge in [-0.1, -0.05) is 17.7 Å². The highest BCUT2D eigenvalue weighted by molar-refractivity contribution is 6.30. The highest BCUT2D eigenvalue weighted by atomic mass is 35.5. The number of β-amino-alcohol motifs (C(OH)–C–C–N with tert-alkyl or cyclic N) is 1. The number of carbonyl (C=O) groups excluding carboxylic acids is 2. The summed E-state index contributed by atoms with van der Waals surface area (Å²) < 4.78 is 40.1. The Balaban J connectivity index is 1.71. The van der Waals surface area contributed by atoms with E-state index in [-0.39, 0.29) is 40.7 Å². The number of rotatable bonds is 9. The lowest BCUT2D eigenvalue weighted by molar-refractivity contribution is -0.258. The fraction of sp³-hybridized carbons (Fsp3) is 0.360. The van der Waals surface area contributed by atoms with E-state index in [0.29, 0.717) is 12.9 Å². The van der Waals surface area contributed by atoms with Gasteiger partial charge in [-0.2, -0.15) is 13.2 Å². The molecule has 1 aliphatic heterocycles. The summed E-state index contributed by atoms with van der Waals surface area (Å²) >= 11 is 5.94. The van der Waals surface area contributed by atoms with Crippen LogP contribution in [0.2, 0.25) is 5.02 Å². The van der Waals surface area contributed by atoms with Crippen LogP contribution in [0.1, 0.15) is 40.9 Å². The summed E-state index contributed by atoms with van der Waals surface area (Å²) in [5.74, 6) is -3.04. The lowest BCUT2D eigenvalue weighted by atomic mass is 9.91. The smallest absolute Gasteiger partial charge is 0.421 e. The predicted octanol–water partition coefficient (Wildman–Crippen LogP) is 1.61. The largest absolute Gasteiger partial charge is 0.508 e. The zero-order valence-electron chi connectivity index (χ0n) is 21.4. The molecular weight excluding hydrogens is 575 g/mol. The molecule has 8 N–H and O–H groups in total. The van der Waals surface area contributed by atoms with Gasteiger partial charge in [0.25, 0.3) is 5.91 Å². The Morgan fingerprint density at radius 1 is 1.17 bits per heavy atom. The molecule has 222 valence electrons. The van der Waals surface area contributed by atoms with Gasteiger partial charge in [0.05, 0.1) is 31.7 Å². The molecule has 16 heteroatoms. The molecule has 0 spiro atoms. The highest BCUT2D eigenvalue weighted by Gasteiger charge is 2.51. The molecule has 1 heterocycles. The SMILES string of the molecule is CC(O)(c1cc(Cl)cc([C@H](CC(=O)O)NC(=O)CNC(=O)c2cc(O)cc(NC3=NCC(O)CN3)c2)c1)C(F)(F)F. The van der Waals surface area contributed by atoms with Gasteiger partial charge >= 0.3 is 12.1 Å². The predicted molar refractivity (Wildman–Crippen MR) is 141 cm³/mol. The molecule has 0 aromatic heterocycles. The number of amides is 2. The maximum atomic E-state index is 13.4. The van der Waals surface area contributed by atoms with E-state index in [1.54, 1.807) is 0 Å². The minimum absolute atomic E-state index is 0.0484. The molecule has 0 fully saturated rings. The second kappa shape index (κ2) is 12.6. The molecule has 3 atom stereocenters. The number of guanidine groups is 1. The van der Waals surface area contributed by atoms with E-state index in [4.69, 9.17) is 11.6 Å². The summed E-state index contributed by atoms with van der Waals surface area (Å²) in [4.78, 5) is 40.8. The van der Waals surface area contributed by atoms with E-state index in [0.717, 1.165) is 24.3 Å². The minimum atomic E-state index is -5.07. The van der Waals surface area contributed by atoms with Gasteiger partial charge < -0.3 is 41.7 Å². The number of benzene rings is 2. The van der Waals surface area contributed by atoms with Crippen molar-refractivity contribution in [3.63, 3.8) is 0 Å². The lowest BCUT2D eigenvalue weighted by Gasteiger charge is -2.28. The van der Waals surface area contributed by atoms with Crippen molar-refractivity contribution in [2.24, 2.45) is 4.99 Å². The van der Waals surface area contributed by atoms with Gasteiger partial charge in [0, 0.05) is 28.9 Å². The summed E-state index contributed by atoms with van der Waals surface area (Å²) in [5, 5.41) is 48.9. The van der Waals surface area contributed by atoms with Gasteiger partial charge in [-0.25, -0.2) is 0 Å². The number of carboxylic acids is 1. The number of carbonyl (C=O) groups is 3. The van der Waals surface area contributed by atoms with E-state index in [1.165, 1.54) is 12.1 Å². The standard InChI is InChI=1S/C25H27ClF3N5O7/c1-24(41,25(27,28)29)14-2-12(3-15(26)6-14)19(8-21(38)39)34-20(37)11-30-22(40)13-4-16(7-17(35)5-13)33-23-31-9-18(36)10-32-23/h2-7,18-19,35-36,41H,8-11H2,1H3,(H,30,40)(H,34,37)(H,38,39)(H2,31,32,33)/t19-,24?/m0/s1. The van der Waals surface area contributed by atoms with Crippen molar-refractivity contribution in [3.8, 4) is 5.75 Å². The highest BCUT2D eigenvalue weighted by Crippen LogP contribution is 2.40. The zero-order valence-corrected chi connectivity index (χ0v) is 22.2. The van der Waals surface area contributed by atoms with Crippen LogP contribution >= 0.6 is 11.6 Å². The van der Waals surface area contributed by atoms with Crippen molar-refractivity contribution < 1.29 is 48.0 Å². The van der Waals surface area contributed by atoms with Crippen LogP contribution in [0.3, 0.4) is 0 Å². The molecule has 1 aliphatic rings. The lowest BCUT2D eigenvalue weighted by Crippen LogP contribution is -2.42. The van der Waals surface area contributed by atoms with Crippen LogP contribution in [-0.2, 0) is 15.2 Å². The molecule has 0 saturated heterocycles. The molecule has 0 saturated carbocycles. The number of aliphatic hydroxyl groups is 2. The van der Waals surface area contributed by atoms with Gasteiger partial charge in [-0.15, -0.1) is 0 Å². The average molecular weight is 602 g/mol. The van der Waals surface area contributed by atoms with Crippen molar-refractivity contribution >= 4 is 41.0 Å². The van der Waals surface area contributed by atoms with Gasteiger partial charge in [-0.05, 0) is 42.3 Å². The first kappa shape index (κ1) is 31.4. The van der Waals surface area contributed by atoms with Gasteiger partial charge in [-0.3, -0.25) is 19.4 Å². The van der Waals surface area contributed by atoms with Crippen LogP contribution in [-0.4, -0.2) is 76.1 Å². The van der Waals surface area contributed by atoms with E-state index < -0.39 is 60.2 Å². The second-order valence-electron chi connectivity index (χ2n) is 9.36. The molecule has 2 aromatic carbocycles. The fourth-order valence-corrected chi connectivity index (χ4v) is 4.00. The van der Waals surface area contributed by atoms with Crippen LogP contribution < -0.4 is 21.3 Å². The number of aliphatic imine (C=N–C) groups is 1. The van der Waals surface area contributed by atoms with Gasteiger partial charge in [0.1, 0.15) is 5.75 Å². The first-order valence-corrected chi connectivity index (χ1v) is 12.4. The summed E-state index contributed by atoms with van der Waals surface area (Å²) in [6.07, 6.45) is -6.47. The molecule has 0 radical (unpaired) electrons. The number of anilines is 1. The third kappa shape index (κ3) is 8.45. The van der Waals surface area contributed by atoms with Crippen LogP contribution in [0.25, 0.3) is 0 Å². The monoisotopic (exact) mass is 601 g/mol. The van der Waals surface area contributed by atoms with E-state index in [1.807, 2.05) is 0 Å². The quantitative estimate of drug-likeness (QED) is 0.211. The molecular formula is C25H27ClF3N5O7.